The normalized spacial score (nSPS) is 14.9. The standard InChI is InChI=1S/C15H18F3N7O2/c1-8-10(6-25(22-8)7-15(16,17)18)11-3-12(21-13(19)20-11)24-4-9(5-24)23(2)14(26)27/h3,6,9H,4-5,7H2,1-2H3,(H,26,27)(H2,19,20,21). The van der Waals surface area contributed by atoms with Gasteiger partial charge in [-0.1, -0.05) is 0 Å². The van der Waals surface area contributed by atoms with E-state index in [1.165, 1.54) is 18.1 Å². The minimum atomic E-state index is -4.38. The first-order valence-electron chi connectivity index (χ1n) is 8.00. The first-order chi connectivity index (χ1) is 12.5. The van der Waals surface area contributed by atoms with E-state index in [4.69, 9.17) is 10.8 Å². The number of aromatic nitrogens is 4. The number of likely N-dealkylation sites (N-methyl/N-ethyl adjacent to an activating group) is 1. The Kier molecular flexibility index (Phi) is 4.57. The van der Waals surface area contributed by atoms with Gasteiger partial charge in [0.25, 0.3) is 0 Å². The van der Waals surface area contributed by atoms with Crippen molar-refractivity contribution in [3.8, 4) is 11.3 Å². The van der Waals surface area contributed by atoms with Crippen LogP contribution in [0.3, 0.4) is 0 Å². The van der Waals surface area contributed by atoms with Crippen LogP contribution >= 0.6 is 0 Å². The van der Waals surface area contributed by atoms with Gasteiger partial charge in [0.2, 0.25) is 5.95 Å². The number of nitrogens with two attached hydrogens (primary N) is 1. The van der Waals surface area contributed by atoms with Crippen LogP contribution in [-0.2, 0) is 6.54 Å². The molecule has 0 unspecified atom stereocenters. The van der Waals surface area contributed by atoms with E-state index < -0.39 is 18.8 Å². The molecule has 2 aromatic heterocycles. The van der Waals surface area contributed by atoms with E-state index in [0.29, 0.717) is 35.9 Å². The predicted molar refractivity (Wildman–Crippen MR) is 90.2 cm³/mol. The Bertz CT molecular complexity index is 862. The van der Waals surface area contributed by atoms with Crippen LogP contribution in [0.1, 0.15) is 5.69 Å². The van der Waals surface area contributed by atoms with E-state index in [0.717, 1.165) is 4.68 Å². The van der Waals surface area contributed by atoms with Gasteiger partial charge in [-0.25, -0.2) is 9.78 Å². The molecule has 0 bridgehead atoms. The third-order valence-corrected chi connectivity index (χ3v) is 4.33. The Morgan fingerprint density at radius 1 is 1.41 bits per heavy atom. The highest BCUT2D eigenvalue weighted by Crippen LogP contribution is 2.29. The maximum atomic E-state index is 12.6. The lowest BCUT2D eigenvalue weighted by atomic mass is 10.1. The molecule has 0 spiro atoms. The number of carbonyl (C=O) groups is 1. The molecule has 12 heteroatoms. The largest absolute Gasteiger partial charge is 0.465 e. The molecule has 0 aromatic carbocycles. The van der Waals surface area contributed by atoms with Gasteiger partial charge in [0.05, 0.1) is 17.4 Å². The molecule has 3 rings (SSSR count). The SMILES string of the molecule is Cc1nn(CC(F)(F)F)cc1-c1cc(N2CC(N(C)C(=O)O)C2)nc(N)n1. The van der Waals surface area contributed by atoms with Gasteiger partial charge in [0.1, 0.15) is 12.4 Å². The fraction of sp³-hybridized carbons (Fsp3) is 0.467. The van der Waals surface area contributed by atoms with Crippen LogP contribution in [0.15, 0.2) is 12.3 Å². The van der Waals surface area contributed by atoms with Crippen molar-refractivity contribution in [2.24, 2.45) is 0 Å². The van der Waals surface area contributed by atoms with E-state index in [9.17, 15) is 18.0 Å². The summed E-state index contributed by atoms with van der Waals surface area (Å²) in [6, 6.07) is 1.44. The van der Waals surface area contributed by atoms with E-state index in [1.54, 1.807) is 13.0 Å². The molecule has 1 aliphatic rings. The van der Waals surface area contributed by atoms with Gasteiger partial charge in [-0.05, 0) is 6.92 Å². The zero-order valence-electron chi connectivity index (χ0n) is 14.6. The first kappa shape index (κ1) is 18.7. The lowest BCUT2D eigenvalue weighted by molar-refractivity contribution is -0.142. The number of nitrogen functional groups attached to an aromatic ring is 1. The van der Waals surface area contributed by atoms with Crippen molar-refractivity contribution < 1.29 is 23.1 Å². The molecule has 9 nitrogen and oxygen atoms in total. The fourth-order valence-electron chi connectivity index (χ4n) is 2.83. The molecule has 1 aliphatic heterocycles. The molecule has 0 radical (unpaired) electrons. The minimum Gasteiger partial charge on any atom is -0.465 e. The van der Waals surface area contributed by atoms with Gasteiger partial charge in [-0.3, -0.25) is 4.68 Å². The van der Waals surface area contributed by atoms with E-state index in [2.05, 4.69) is 15.1 Å². The topological polar surface area (TPSA) is 113 Å². The Morgan fingerprint density at radius 3 is 2.67 bits per heavy atom. The Balaban J connectivity index is 1.82. The molecule has 3 N–H and O–H groups in total. The Labute approximate surface area is 152 Å². The quantitative estimate of drug-likeness (QED) is 0.822. The van der Waals surface area contributed by atoms with Crippen molar-refractivity contribution in [3.05, 3.63) is 18.0 Å². The summed E-state index contributed by atoms with van der Waals surface area (Å²) in [5.74, 6) is 0.455. The number of rotatable bonds is 4. The van der Waals surface area contributed by atoms with Crippen LogP contribution < -0.4 is 10.6 Å². The van der Waals surface area contributed by atoms with Crippen molar-refractivity contribution in [1.82, 2.24) is 24.6 Å². The highest BCUT2D eigenvalue weighted by Gasteiger charge is 2.34. The van der Waals surface area contributed by atoms with Gasteiger partial charge in [0.15, 0.2) is 0 Å². The number of amides is 1. The summed E-state index contributed by atoms with van der Waals surface area (Å²) in [7, 11) is 1.49. The molecule has 146 valence electrons. The van der Waals surface area contributed by atoms with Gasteiger partial charge in [-0.2, -0.15) is 23.3 Å². The second kappa shape index (κ2) is 6.59. The molecule has 0 saturated carbocycles. The van der Waals surface area contributed by atoms with Crippen molar-refractivity contribution in [2.75, 3.05) is 30.8 Å². The zero-order chi connectivity index (χ0) is 19.9. The smallest absolute Gasteiger partial charge is 0.408 e. The maximum absolute atomic E-state index is 12.6. The van der Waals surface area contributed by atoms with Crippen LogP contribution in [0, 0.1) is 6.92 Å². The molecule has 1 fully saturated rings. The lowest BCUT2D eigenvalue weighted by Gasteiger charge is -2.43. The third-order valence-electron chi connectivity index (χ3n) is 4.33. The molecule has 1 saturated heterocycles. The van der Waals surface area contributed by atoms with E-state index >= 15 is 0 Å². The summed E-state index contributed by atoms with van der Waals surface area (Å²) in [5.41, 5.74) is 6.92. The summed E-state index contributed by atoms with van der Waals surface area (Å²) in [4.78, 5) is 22.3. The maximum Gasteiger partial charge on any atom is 0.408 e. The number of carboxylic acid groups (broad SMARTS) is 1. The molecular weight excluding hydrogens is 367 g/mol. The van der Waals surface area contributed by atoms with Crippen LogP contribution in [0.4, 0.5) is 29.7 Å². The molecule has 0 aliphatic carbocycles. The molecular formula is C15H18F3N7O2. The number of alkyl halides is 3. The van der Waals surface area contributed by atoms with E-state index in [1.807, 2.05) is 4.90 Å². The highest BCUT2D eigenvalue weighted by molar-refractivity contribution is 5.68. The number of hydrogen-bond donors (Lipinski definition) is 2. The number of anilines is 2. The molecule has 2 aromatic rings. The predicted octanol–water partition coefficient (Wildman–Crippen LogP) is 1.59. The lowest BCUT2D eigenvalue weighted by Crippen LogP contribution is -2.59. The minimum absolute atomic E-state index is 0.0273. The number of nitrogens with zero attached hydrogens (tertiary/aromatic N) is 6. The zero-order valence-corrected chi connectivity index (χ0v) is 14.6. The van der Waals surface area contributed by atoms with Gasteiger partial charge < -0.3 is 20.6 Å². The van der Waals surface area contributed by atoms with Crippen molar-refractivity contribution >= 4 is 17.9 Å². The molecule has 3 heterocycles. The van der Waals surface area contributed by atoms with E-state index in [-0.39, 0.29) is 12.0 Å². The average Bonchev–Trinajstić information content (AvgIpc) is 2.83. The molecule has 1 amide bonds. The van der Waals surface area contributed by atoms with Crippen molar-refractivity contribution in [3.63, 3.8) is 0 Å². The third kappa shape index (κ3) is 4.04. The van der Waals surface area contributed by atoms with Gasteiger partial charge in [-0.15, -0.1) is 0 Å². The summed E-state index contributed by atoms with van der Waals surface area (Å²) < 4.78 is 38.5. The summed E-state index contributed by atoms with van der Waals surface area (Å²) in [6.45, 7) is 1.26. The Hall–Kier alpha value is -3.05. The number of hydrogen-bond acceptors (Lipinski definition) is 6. The summed E-state index contributed by atoms with van der Waals surface area (Å²) >= 11 is 0. The summed E-state index contributed by atoms with van der Waals surface area (Å²) in [5, 5.41) is 12.9. The first-order valence-corrected chi connectivity index (χ1v) is 8.00. The second-order valence-corrected chi connectivity index (χ2v) is 6.36. The fourth-order valence-corrected chi connectivity index (χ4v) is 2.83. The average molecular weight is 385 g/mol. The van der Waals surface area contributed by atoms with Crippen molar-refractivity contribution in [1.29, 1.82) is 0 Å². The Morgan fingerprint density at radius 2 is 2.07 bits per heavy atom. The van der Waals surface area contributed by atoms with Gasteiger partial charge >= 0.3 is 12.3 Å². The molecule has 27 heavy (non-hydrogen) atoms. The highest BCUT2D eigenvalue weighted by atomic mass is 19.4. The van der Waals surface area contributed by atoms with Gasteiger partial charge in [0, 0.05) is 38.0 Å². The monoisotopic (exact) mass is 385 g/mol. The van der Waals surface area contributed by atoms with Crippen LogP contribution in [0.5, 0.6) is 0 Å². The number of halogens is 3. The summed E-state index contributed by atoms with van der Waals surface area (Å²) in [6.07, 6.45) is -4.13. The van der Waals surface area contributed by atoms with Crippen LogP contribution in [0.2, 0.25) is 0 Å². The second-order valence-electron chi connectivity index (χ2n) is 6.36. The molecule has 0 atom stereocenters. The number of aryl methyl sites for hydroxylation is 1. The van der Waals surface area contributed by atoms with Crippen molar-refractivity contribution in [2.45, 2.75) is 25.7 Å². The van der Waals surface area contributed by atoms with Crippen LogP contribution in [-0.4, -0.2) is 68.2 Å². The van der Waals surface area contributed by atoms with Crippen LogP contribution in [0.25, 0.3) is 11.3 Å².